The van der Waals surface area contributed by atoms with Crippen molar-refractivity contribution in [1.29, 1.82) is 0 Å². The number of ether oxygens (including phenoxy) is 1. The van der Waals surface area contributed by atoms with E-state index in [4.69, 9.17) is 4.74 Å². The minimum absolute atomic E-state index is 0.304. The monoisotopic (exact) mass is 354 g/mol. The van der Waals surface area contributed by atoms with Crippen LogP contribution in [0.3, 0.4) is 0 Å². The lowest BCUT2D eigenvalue weighted by Gasteiger charge is -2.40. The van der Waals surface area contributed by atoms with Gasteiger partial charge >= 0.3 is 0 Å². The van der Waals surface area contributed by atoms with Crippen molar-refractivity contribution in [3.63, 3.8) is 0 Å². The molecule has 152 valence electrons. The van der Waals surface area contributed by atoms with Crippen molar-refractivity contribution in [2.45, 2.75) is 121 Å². The van der Waals surface area contributed by atoms with Crippen LogP contribution in [0.2, 0.25) is 0 Å². The summed E-state index contributed by atoms with van der Waals surface area (Å²) in [6.07, 6.45) is 5.47. The maximum atomic E-state index is 6.97. The quantitative estimate of drug-likeness (QED) is 0.386. The summed E-state index contributed by atoms with van der Waals surface area (Å²) in [7, 11) is 0. The van der Waals surface area contributed by atoms with Gasteiger partial charge < -0.3 is 4.74 Å². The van der Waals surface area contributed by atoms with Crippen LogP contribution in [0.4, 0.5) is 0 Å². The van der Waals surface area contributed by atoms with E-state index in [-0.39, 0.29) is 0 Å². The molecule has 0 saturated carbocycles. The number of hydrogen-bond acceptors (Lipinski definition) is 1. The van der Waals surface area contributed by atoms with Gasteiger partial charge in [0.2, 0.25) is 0 Å². The second-order valence-electron chi connectivity index (χ2n) is 11.2. The van der Waals surface area contributed by atoms with Crippen molar-refractivity contribution in [2.75, 3.05) is 0 Å². The fourth-order valence-corrected chi connectivity index (χ4v) is 3.62. The molecule has 25 heavy (non-hydrogen) atoms. The standard InChI is InChI=1S/C24H50O/c1-13-17(3)19(5)21(15-23(7,8)9)25-22(16-24(10,11)12)20(6)18(4)14-2/h17-22H,13-16H2,1-12H3. The van der Waals surface area contributed by atoms with E-state index in [9.17, 15) is 0 Å². The van der Waals surface area contributed by atoms with E-state index in [1.165, 1.54) is 12.8 Å². The van der Waals surface area contributed by atoms with Gasteiger partial charge in [-0.1, -0.05) is 95.9 Å². The summed E-state index contributed by atoms with van der Waals surface area (Å²) in [4.78, 5) is 0. The molecule has 6 unspecified atom stereocenters. The average molecular weight is 355 g/mol. The Hall–Kier alpha value is -0.0400. The van der Waals surface area contributed by atoms with Crippen molar-refractivity contribution in [1.82, 2.24) is 0 Å². The maximum Gasteiger partial charge on any atom is 0.0612 e. The van der Waals surface area contributed by atoms with Gasteiger partial charge in [-0.25, -0.2) is 0 Å². The highest BCUT2D eigenvalue weighted by molar-refractivity contribution is 4.82. The van der Waals surface area contributed by atoms with E-state index in [2.05, 4.69) is 83.1 Å². The van der Waals surface area contributed by atoms with Crippen LogP contribution in [0.15, 0.2) is 0 Å². The van der Waals surface area contributed by atoms with Crippen LogP contribution in [-0.4, -0.2) is 12.2 Å². The smallest absolute Gasteiger partial charge is 0.0612 e. The van der Waals surface area contributed by atoms with E-state index in [1.54, 1.807) is 0 Å². The molecule has 0 fully saturated rings. The highest BCUT2D eigenvalue weighted by atomic mass is 16.5. The van der Waals surface area contributed by atoms with Crippen LogP contribution in [0, 0.1) is 34.5 Å². The molecule has 0 heterocycles. The lowest BCUT2D eigenvalue weighted by molar-refractivity contribution is -0.107. The summed E-state index contributed by atoms with van der Waals surface area (Å²) < 4.78 is 6.97. The van der Waals surface area contributed by atoms with Gasteiger partial charge in [-0.05, 0) is 47.3 Å². The van der Waals surface area contributed by atoms with Crippen molar-refractivity contribution < 1.29 is 4.74 Å². The van der Waals surface area contributed by atoms with Crippen molar-refractivity contribution in [2.24, 2.45) is 34.5 Å². The molecule has 0 amide bonds. The zero-order valence-electron chi connectivity index (χ0n) is 19.7. The molecule has 0 aliphatic heterocycles. The fourth-order valence-electron chi connectivity index (χ4n) is 3.62. The van der Waals surface area contributed by atoms with E-state index in [0.717, 1.165) is 12.8 Å². The second kappa shape index (κ2) is 10.3. The minimum Gasteiger partial charge on any atom is -0.374 e. The van der Waals surface area contributed by atoms with E-state index < -0.39 is 0 Å². The Bertz CT molecular complexity index is 312. The topological polar surface area (TPSA) is 9.23 Å². The summed E-state index contributed by atoms with van der Waals surface area (Å²) in [6, 6.07) is 0. The molecule has 0 N–H and O–H groups in total. The molecule has 0 aliphatic carbocycles. The first kappa shape index (κ1) is 25.0. The van der Waals surface area contributed by atoms with Gasteiger partial charge in [-0.2, -0.15) is 0 Å². The van der Waals surface area contributed by atoms with Crippen molar-refractivity contribution in [3.05, 3.63) is 0 Å². The Morgan fingerprint density at radius 1 is 0.600 bits per heavy atom. The Kier molecular flexibility index (Phi) is 10.3. The summed E-state index contributed by atoms with van der Waals surface area (Å²) in [5, 5.41) is 0. The van der Waals surface area contributed by atoms with Crippen LogP contribution in [-0.2, 0) is 4.74 Å². The zero-order valence-corrected chi connectivity index (χ0v) is 19.7. The van der Waals surface area contributed by atoms with Crippen molar-refractivity contribution >= 4 is 0 Å². The third-order valence-electron chi connectivity index (χ3n) is 6.23. The van der Waals surface area contributed by atoms with E-state index in [0.29, 0.717) is 46.7 Å². The van der Waals surface area contributed by atoms with Crippen LogP contribution in [0.5, 0.6) is 0 Å². The van der Waals surface area contributed by atoms with Gasteiger partial charge in [0, 0.05) is 0 Å². The molecule has 0 rings (SSSR count). The normalized spacial score (nSPS) is 20.6. The summed E-state index contributed by atoms with van der Waals surface area (Å²) in [5.41, 5.74) is 0.608. The van der Waals surface area contributed by atoms with Crippen LogP contribution in [0.1, 0.15) is 109 Å². The van der Waals surface area contributed by atoms with Gasteiger partial charge in [0.15, 0.2) is 0 Å². The lowest BCUT2D eigenvalue weighted by Crippen LogP contribution is -2.39. The Labute approximate surface area is 160 Å². The third kappa shape index (κ3) is 10.0. The zero-order chi connectivity index (χ0) is 20.0. The van der Waals surface area contributed by atoms with E-state index >= 15 is 0 Å². The Morgan fingerprint density at radius 3 is 1.08 bits per heavy atom. The molecule has 0 bridgehead atoms. The largest absolute Gasteiger partial charge is 0.374 e. The number of hydrogen-bond donors (Lipinski definition) is 0. The minimum atomic E-state index is 0.304. The predicted molar refractivity (Wildman–Crippen MR) is 114 cm³/mol. The van der Waals surface area contributed by atoms with Gasteiger partial charge in [-0.15, -0.1) is 0 Å². The molecule has 0 aromatic carbocycles. The first-order chi connectivity index (χ1) is 11.2. The first-order valence-corrected chi connectivity index (χ1v) is 10.9. The van der Waals surface area contributed by atoms with Crippen LogP contribution >= 0.6 is 0 Å². The lowest BCUT2D eigenvalue weighted by atomic mass is 9.78. The molecule has 0 saturated heterocycles. The SMILES string of the molecule is CCC(C)C(C)C(CC(C)(C)C)OC(CC(C)(C)C)C(C)C(C)CC. The maximum absolute atomic E-state index is 6.97. The molecule has 6 atom stereocenters. The molecule has 0 spiro atoms. The van der Waals surface area contributed by atoms with Gasteiger partial charge in [-0.3, -0.25) is 0 Å². The van der Waals surface area contributed by atoms with Gasteiger partial charge in [0.05, 0.1) is 12.2 Å². The molecule has 0 aromatic heterocycles. The fraction of sp³-hybridized carbons (Fsp3) is 1.00. The molecule has 1 heteroatoms. The van der Waals surface area contributed by atoms with Crippen molar-refractivity contribution in [3.8, 4) is 0 Å². The molecule has 1 nitrogen and oxygen atoms in total. The molecule has 0 aliphatic rings. The Balaban J connectivity index is 5.47. The second-order valence-corrected chi connectivity index (χ2v) is 11.2. The highest BCUT2D eigenvalue weighted by Gasteiger charge is 2.34. The van der Waals surface area contributed by atoms with Gasteiger partial charge in [0.25, 0.3) is 0 Å². The average Bonchev–Trinajstić information content (AvgIpc) is 2.47. The summed E-state index contributed by atoms with van der Waals surface area (Å²) >= 11 is 0. The predicted octanol–water partition coefficient (Wildman–Crippen LogP) is 7.98. The Morgan fingerprint density at radius 2 is 0.880 bits per heavy atom. The molecule has 0 aromatic rings. The van der Waals surface area contributed by atoms with Crippen LogP contribution < -0.4 is 0 Å². The van der Waals surface area contributed by atoms with E-state index in [1.807, 2.05) is 0 Å². The molecule has 0 radical (unpaired) electrons. The summed E-state index contributed by atoms with van der Waals surface area (Å²) in [5.74, 6) is 2.63. The molecular weight excluding hydrogens is 304 g/mol. The number of rotatable bonds is 10. The first-order valence-electron chi connectivity index (χ1n) is 10.9. The highest BCUT2D eigenvalue weighted by Crippen LogP contribution is 2.36. The summed E-state index contributed by atoms with van der Waals surface area (Å²) in [6.45, 7) is 28.3. The molecular formula is C24H50O. The van der Waals surface area contributed by atoms with Gasteiger partial charge in [0.1, 0.15) is 0 Å². The van der Waals surface area contributed by atoms with Crippen LogP contribution in [0.25, 0.3) is 0 Å². The third-order valence-corrected chi connectivity index (χ3v) is 6.23.